The minimum absolute atomic E-state index is 0.294. The van der Waals surface area contributed by atoms with Crippen molar-refractivity contribution in [2.75, 3.05) is 32.7 Å². The summed E-state index contributed by atoms with van der Waals surface area (Å²) in [5, 5.41) is 4.56. The van der Waals surface area contributed by atoms with E-state index < -0.39 is 0 Å². The molecule has 0 aromatic carbocycles. The highest BCUT2D eigenvalue weighted by atomic mass is 16.2. The van der Waals surface area contributed by atoms with E-state index in [-0.39, 0.29) is 0 Å². The Kier molecular flexibility index (Phi) is 6.42. The molecule has 2 aromatic rings. The Labute approximate surface area is 180 Å². The van der Waals surface area contributed by atoms with Crippen molar-refractivity contribution in [2.24, 2.45) is 11.8 Å². The molecule has 164 valence electrons. The van der Waals surface area contributed by atoms with Crippen LogP contribution in [0.25, 0.3) is 5.65 Å². The molecule has 0 N–H and O–H groups in total. The monoisotopic (exact) mass is 411 g/mol. The molecule has 1 atom stereocenters. The molecule has 1 amide bonds. The molecule has 2 fully saturated rings. The first kappa shape index (κ1) is 21.3. The number of likely N-dealkylation sites (tertiary alicyclic amines) is 2. The van der Waals surface area contributed by atoms with E-state index in [2.05, 4.69) is 28.7 Å². The molecular formula is C24H37N5O. The topological polar surface area (TPSA) is 53.7 Å². The maximum atomic E-state index is 13.0. The summed E-state index contributed by atoms with van der Waals surface area (Å²) in [7, 11) is 0. The van der Waals surface area contributed by atoms with Gasteiger partial charge < -0.3 is 9.80 Å². The van der Waals surface area contributed by atoms with Gasteiger partial charge in [-0.2, -0.15) is 5.10 Å². The van der Waals surface area contributed by atoms with Crippen molar-refractivity contribution in [2.45, 2.75) is 66.2 Å². The van der Waals surface area contributed by atoms with Crippen molar-refractivity contribution in [3.63, 3.8) is 0 Å². The average molecular weight is 412 g/mol. The van der Waals surface area contributed by atoms with E-state index in [4.69, 9.17) is 4.98 Å². The standard InChI is InChI=1S/C24H37N5O/c1-17-9-12-27(13-10-17)15-21-6-5-11-28(16-21)24(30)8-7-22-19(3)25-23-14-18(2)26-29(23)20(22)4/h14,17,21H,5-13,15-16H2,1-4H3. The molecule has 0 radical (unpaired) electrons. The Morgan fingerprint density at radius 1 is 1.13 bits per heavy atom. The van der Waals surface area contributed by atoms with Crippen LogP contribution in [-0.4, -0.2) is 63.0 Å². The van der Waals surface area contributed by atoms with Crippen LogP contribution in [0.15, 0.2) is 6.07 Å². The normalized spacial score (nSPS) is 21.5. The van der Waals surface area contributed by atoms with Gasteiger partial charge in [-0.15, -0.1) is 0 Å². The van der Waals surface area contributed by atoms with Crippen molar-refractivity contribution >= 4 is 11.6 Å². The first-order valence-corrected chi connectivity index (χ1v) is 11.7. The largest absolute Gasteiger partial charge is 0.342 e. The zero-order valence-corrected chi connectivity index (χ0v) is 19.2. The molecular weight excluding hydrogens is 374 g/mol. The van der Waals surface area contributed by atoms with Crippen molar-refractivity contribution in [3.8, 4) is 0 Å². The predicted molar refractivity (Wildman–Crippen MR) is 120 cm³/mol. The molecule has 2 aliphatic heterocycles. The molecule has 2 aromatic heterocycles. The Balaban J connectivity index is 1.34. The third-order valence-electron chi connectivity index (χ3n) is 7.14. The van der Waals surface area contributed by atoms with Crippen LogP contribution in [0.4, 0.5) is 0 Å². The number of amides is 1. The van der Waals surface area contributed by atoms with Gasteiger partial charge in [0, 0.05) is 43.5 Å². The van der Waals surface area contributed by atoms with Crippen molar-refractivity contribution < 1.29 is 4.79 Å². The molecule has 30 heavy (non-hydrogen) atoms. The number of carbonyl (C=O) groups excluding carboxylic acids is 1. The van der Waals surface area contributed by atoms with Crippen LogP contribution in [0.5, 0.6) is 0 Å². The van der Waals surface area contributed by atoms with Gasteiger partial charge in [0.1, 0.15) is 0 Å². The Morgan fingerprint density at radius 2 is 1.90 bits per heavy atom. The average Bonchev–Trinajstić information content (AvgIpc) is 3.10. The maximum Gasteiger partial charge on any atom is 0.222 e. The van der Waals surface area contributed by atoms with Crippen LogP contribution in [0, 0.1) is 32.6 Å². The quantitative estimate of drug-likeness (QED) is 0.755. The number of fused-ring (bicyclic) bond motifs is 1. The fourth-order valence-corrected chi connectivity index (χ4v) is 5.24. The lowest BCUT2D eigenvalue weighted by molar-refractivity contribution is -0.133. The van der Waals surface area contributed by atoms with Crippen LogP contribution in [0.1, 0.15) is 61.7 Å². The van der Waals surface area contributed by atoms with Crippen LogP contribution < -0.4 is 0 Å². The molecule has 4 heterocycles. The van der Waals surface area contributed by atoms with Gasteiger partial charge in [-0.25, -0.2) is 9.50 Å². The third-order valence-corrected chi connectivity index (χ3v) is 7.14. The summed E-state index contributed by atoms with van der Waals surface area (Å²) < 4.78 is 1.92. The van der Waals surface area contributed by atoms with Gasteiger partial charge in [0.25, 0.3) is 0 Å². The number of aryl methyl sites for hydroxylation is 3. The van der Waals surface area contributed by atoms with Gasteiger partial charge in [-0.3, -0.25) is 4.79 Å². The van der Waals surface area contributed by atoms with Crippen LogP contribution in [-0.2, 0) is 11.2 Å². The van der Waals surface area contributed by atoms with E-state index in [1.165, 1.54) is 32.4 Å². The minimum Gasteiger partial charge on any atom is -0.342 e. The molecule has 0 aliphatic carbocycles. The molecule has 2 aliphatic rings. The summed E-state index contributed by atoms with van der Waals surface area (Å²) in [6.07, 6.45) is 6.34. The van der Waals surface area contributed by atoms with Gasteiger partial charge >= 0.3 is 0 Å². The Bertz CT molecular complexity index is 897. The second-order valence-electron chi connectivity index (χ2n) is 9.65. The van der Waals surface area contributed by atoms with E-state index in [0.29, 0.717) is 18.2 Å². The summed E-state index contributed by atoms with van der Waals surface area (Å²) >= 11 is 0. The zero-order valence-electron chi connectivity index (χ0n) is 19.2. The molecule has 0 saturated carbocycles. The van der Waals surface area contributed by atoms with Crippen LogP contribution >= 0.6 is 0 Å². The summed E-state index contributed by atoms with van der Waals surface area (Å²) in [4.78, 5) is 22.5. The van der Waals surface area contributed by atoms with E-state index in [9.17, 15) is 4.79 Å². The van der Waals surface area contributed by atoms with Gasteiger partial charge in [0.15, 0.2) is 5.65 Å². The highest BCUT2D eigenvalue weighted by Gasteiger charge is 2.26. The van der Waals surface area contributed by atoms with Gasteiger partial charge in [0.2, 0.25) is 5.91 Å². The molecule has 4 rings (SSSR count). The van der Waals surface area contributed by atoms with Gasteiger partial charge in [0.05, 0.1) is 5.69 Å². The number of rotatable bonds is 5. The fraction of sp³-hybridized carbons (Fsp3) is 0.708. The second-order valence-corrected chi connectivity index (χ2v) is 9.65. The number of hydrogen-bond donors (Lipinski definition) is 0. The molecule has 6 heteroatoms. The number of carbonyl (C=O) groups is 1. The first-order valence-electron chi connectivity index (χ1n) is 11.7. The molecule has 0 spiro atoms. The summed E-state index contributed by atoms with van der Waals surface area (Å²) in [6.45, 7) is 14.0. The highest BCUT2D eigenvalue weighted by Crippen LogP contribution is 2.23. The Hall–Kier alpha value is -1.95. The zero-order chi connectivity index (χ0) is 21.3. The molecule has 1 unspecified atom stereocenters. The minimum atomic E-state index is 0.294. The lowest BCUT2D eigenvalue weighted by Gasteiger charge is -2.38. The number of nitrogens with zero attached hydrogens (tertiary/aromatic N) is 5. The maximum absolute atomic E-state index is 13.0. The fourth-order valence-electron chi connectivity index (χ4n) is 5.24. The predicted octanol–water partition coefficient (Wildman–Crippen LogP) is 3.56. The summed E-state index contributed by atoms with van der Waals surface area (Å²) in [6, 6.07) is 2.01. The van der Waals surface area contributed by atoms with Crippen molar-refractivity contribution in [1.82, 2.24) is 24.4 Å². The number of aromatic nitrogens is 3. The van der Waals surface area contributed by atoms with E-state index in [0.717, 1.165) is 66.7 Å². The number of piperidine rings is 2. The first-order chi connectivity index (χ1) is 14.4. The number of hydrogen-bond acceptors (Lipinski definition) is 4. The third kappa shape index (κ3) is 4.69. The van der Waals surface area contributed by atoms with Crippen LogP contribution in [0.3, 0.4) is 0 Å². The smallest absolute Gasteiger partial charge is 0.222 e. The summed E-state index contributed by atoms with van der Waals surface area (Å²) in [5.41, 5.74) is 5.15. The SMILES string of the molecule is Cc1cc2nc(C)c(CCC(=O)N3CCCC(CN4CCC(C)CC4)C3)c(C)n2n1. The summed E-state index contributed by atoms with van der Waals surface area (Å²) in [5.74, 6) is 1.80. The second kappa shape index (κ2) is 9.04. The van der Waals surface area contributed by atoms with E-state index >= 15 is 0 Å². The van der Waals surface area contributed by atoms with Gasteiger partial charge in [-0.1, -0.05) is 6.92 Å². The molecule has 6 nitrogen and oxygen atoms in total. The van der Waals surface area contributed by atoms with E-state index in [1.807, 2.05) is 24.4 Å². The Morgan fingerprint density at radius 3 is 2.67 bits per heavy atom. The molecule has 2 saturated heterocycles. The highest BCUT2D eigenvalue weighted by molar-refractivity contribution is 5.76. The van der Waals surface area contributed by atoms with Gasteiger partial charge in [-0.05, 0) is 83.4 Å². The molecule has 0 bridgehead atoms. The van der Waals surface area contributed by atoms with Crippen molar-refractivity contribution in [1.29, 1.82) is 0 Å². The van der Waals surface area contributed by atoms with E-state index in [1.54, 1.807) is 0 Å². The van der Waals surface area contributed by atoms with Crippen LogP contribution in [0.2, 0.25) is 0 Å². The van der Waals surface area contributed by atoms with Crippen molar-refractivity contribution in [3.05, 3.63) is 28.7 Å². The lowest BCUT2D eigenvalue weighted by atomic mass is 9.94. The lowest BCUT2D eigenvalue weighted by Crippen LogP contribution is -2.45.